The third-order valence-corrected chi connectivity index (χ3v) is 14.9. The molecule has 1 aliphatic rings. The maximum atomic E-state index is 7.29. The molecule has 0 amide bonds. The quantitative estimate of drug-likeness (QED) is 0.246. The summed E-state index contributed by atoms with van der Waals surface area (Å²) in [7, 11) is -2.98. The largest absolute Gasteiger partial charge is 0.147 e. The number of hydrogen-bond donors (Lipinski definition) is 0. The summed E-state index contributed by atoms with van der Waals surface area (Å²) in [6.07, 6.45) is 5.80. The van der Waals surface area contributed by atoms with Crippen molar-refractivity contribution in [1.29, 1.82) is 0 Å². The van der Waals surface area contributed by atoms with E-state index in [9.17, 15) is 0 Å². The first-order valence-corrected chi connectivity index (χ1v) is 21.8. The van der Waals surface area contributed by atoms with Gasteiger partial charge in [-0.15, -0.1) is 24.8 Å². The van der Waals surface area contributed by atoms with E-state index in [1.54, 1.807) is 9.07 Å². The molecular formula is C31H40Cl2OSi2Ti. The fourth-order valence-electron chi connectivity index (χ4n) is 4.68. The third-order valence-electron chi connectivity index (χ3n) is 6.50. The SMILES string of the molecule is Cc1cc([O][Ti]([C]2=C([Si](C)(C)C)C=CC2)=[C](c2ccccc2)c2ccccc2)cc([Si](C)(C)C)c1.Cl.Cl. The number of aryl methyl sites for hydroxylation is 1. The maximum absolute atomic E-state index is 7.29. The van der Waals surface area contributed by atoms with Crippen molar-refractivity contribution < 1.29 is 21.1 Å². The van der Waals surface area contributed by atoms with Gasteiger partial charge in [-0.25, -0.2) is 0 Å². The molecule has 0 heterocycles. The Hall–Kier alpha value is -1.46. The summed E-state index contributed by atoms with van der Waals surface area (Å²) in [6, 6.07) is 28.9. The van der Waals surface area contributed by atoms with Gasteiger partial charge in [-0.2, -0.15) is 0 Å². The first-order valence-electron chi connectivity index (χ1n) is 12.6. The second-order valence-electron chi connectivity index (χ2n) is 11.6. The van der Waals surface area contributed by atoms with E-state index >= 15 is 0 Å². The molecule has 6 heteroatoms. The Morgan fingerprint density at radius 1 is 0.730 bits per heavy atom. The van der Waals surface area contributed by atoms with Gasteiger partial charge in [0.25, 0.3) is 0 Å². The van der Waals surface area contributed by atoms with Crippen LogP contribution in [0.1, 0.15) is 23.1 Å². The van der Waals surface area contributed by atoms with Gasteiger partial charge in [-0.05, 0) is 0 Å². The Balaban J connectivity index is 0.00000241. The average molecular weight is 604 g/mol. The van der Waals surface area contributed by atoms with Crippen molar-refractivity contribution in [2.24, 2.45) is 0 Å². The van der Waals surface area contributed by atoms with Crippen LogP contribution in [-0.4, -0.2) is 20.0 Å². The Morgan fingerprint density at radius 2 is 1.27 bits per heavy atom. The molecule has 0 saturated heterocycles. The van der Waals surface area contributed by atoms with E-state index in [1.807, 2.05) is 0 Å². The van der Waals surface area contributed by atoms with Crippen LogP contribution < -0.4 is 8.51 Å². The molecule has 0 radical (unpaired) electrons. The van der Waals surface area contributed by atoms with Gasteiger partial charge in [0.1, 0.15) is 0 Å². The summed E-state index contributed by atoms with van der Waals surface area (Å²) in [6.45, 7) is 16.9. The minimum atomic E-state index is -2.43. The van der Waals surface area contributed by atoms with Crippen molar-refractivity contribution in [3.8, 4) is 5.75 Å². The van der Waals surface area contributed by atoms with Crippen molar-refractivity contribution in [3.05, 3.63) is 117 Å². The number of allylic oxidation sites excluding steroid dienone is 4. The fraction of sp³-hybridized carbons (Fsp3) is 0.258. The number of benzene rings is 3. The first-order chi connectivity index (χ1) is 16.5. The van der Waals surface area contributed by atoms with Gasteiger partial charge < -0.3 is 0 Å². The second-order valence-corrected chi connectivity index (χ2v) is 24.8. The van der Waals surface area contributed by atoms with E-state index < -0.39 is 33.9 Å². The maximum Gasteiger partial charge on any atom is -0.147 e. The molecule has 1 aliphatic carbocycles. The molecule has 1 nitrogen and oxygen atoms in total. The van der Waals surface area contributed by atoms with Gasteiger partial charge in [0, 0.05) is 0 Å². The standard InChI is InChI=1S/C13H10.C10H16OSi.C8H13Si.2ClH.Ti/c1-3-7-12(8-4-1)11-13-9-5-2-6-10-13;1-8-5-9(11)7-10(6-8)12(2,3)4;1-9(2,3)8-6-4-5-7-8;;;/h1-10H;5-7,11H,1-4H3;4,6H,5H2,1-3H3;2*1H;/q;;;;;+1/p-1. The van der Waals surface area contributed by atoms with Crippen LogP contribution in [0.3, 0.4) is 0 Å². The fourth-order valence-corrected chi connectivity index (χ4v) is 13.5. The van der Waals surface area contributed by atoms with E-state index in [-0.39, 0.29) is 24.8 Å². The Morgan fingerprint density at radius 3 is 1.76 bits per heavy atom. The molecule has 0 bridgehead atoms. The van der Waals surface area contributed by atoms with Crippen LogP contribution in [0, 0.1) is 6.92 Å². The molecule has 4 rings (SSSR count). The Kier molecular flexibility index (Phi) is 11.2. The molecule has 0 N–H and O–H groups in total. The third kappa shape index (κ3) is 7.78. The molecular weight excluding hydrogens is 563 g/mol. The summed E-state index contributed by atoms with van der Waals surface area (Å²) in [5, 5.41) is 3.06. The molecule has 0 aromatic heterocycles. The zero-order chi connectivity index (χ0) is 25.2. The van der Waals surface area contributed by atoms with Crippen molar-refractivity contribution in [1.82, 2.24) is 0 Å². The molecule has 0 saturated carbocycles. The molecule has 196 valence electrons. The number of halogens is 2. The van der Waals surface area contributed by atoms with Gasteiger partial charge in [0.05, 0.1) is 0 Å². The minimum absolute atomic E-state index is 0. The summed E-state index contributed by atoms with van der Waals surface area (Å²) < 4.78 is 10.3. The number of hydrogen-bond acceptors (Lipinski definition) is 1. The molecule has 0 aliphatic heterocycles. The van der Waals surface area contributed by atoms with E-state index in [1.165, 1.54) is 25.7 Å². The zero-order valence-electron chi connectivity index (χ0n) is 23.1. The Bertz CT molecular complexity index is 1260. The molecule has 3 aromatic carbocycles. The van der Waals surface area contributed by atoms with Crippen molar-refractivity contribution >= 4 is 50.0 Å². The topological polar surface area (TPSA) is 9.23 Å². The first kappa shape index (κ1) is 31.8. The second kappa shape index (κ2) is 13.1. The van der Waals surface area contributed by atoms with E-state index in [2.05, 4.69) is 137 Å². The minimum Gasteiger partial charge on any atom is -0.147 e. The summed E-state index contributed by atoms with van der Waals surface area (Å²) in [4.78, 5) is 0. The van der Waals surface area contributed by atoms with Crippen LogP contribution in [0.4, 0.5) is 0 Å². The van der Waals surface area contributed by atoms with Gasteiger partial charge >= 0.3 is 221 Å². The zero-order valence-corrected chi connectivity index (χ0v) is 28.3. The predicted octanol–water partition coefficient (Wildman–Crippen LogP) is 8.66. The van der Waals surface area contributed by atoms with Gasteiger partial charge in [-0.1, -0.05) is 0 Å². The van der Waals surface area contributed by atoms with Crippen LogP contribution in [0.5, 0.6) is 5.75 Å². The van der Waals surface area contributed by atoms with Crippen molar-refractivity contribution in [2.45, 2.75) is 52.6 Å². The number of rotatable bonds is 7. The van der Waals surface area contributed by atoms with Crippen molar-refractivity contribution in [3.63, 3.8) is 0 Å². The van der Waals surface area contributed by atoms with Gasteiger partial charge in [0.2, 0.25) is 0 Å². The molecule has 3 aromatic rings. The van der Waals surface area contributed by atoms with Crippen LogP contribution in [-0.2, 0) is 17.8 Å². The smallest absolute Gasteiger partial charge is 0.147 e. The van der Waals surface area contributed by atoms with E-state index in [4.69, 9.17) is 3.32 Å². The van der Waals surface area contributed by atoms with Gasteiger partial charge in [-0.3, -0.25) is 0 Å². The Labute approximate surface area is 244 Å². The van der Waals surface area contributed by atoms with Crippen molar-refractivity contribution in [2.75, 3.05) is 0 Å². The molecule has 0 fully saturated rings. The van der Waals surface area contributed by atoms with E-state index in [0.29, 0.717) is 0 Å². The van der Waals surface area contributed by atoms with Crippen LogP contribution >= 0.6 is 24.8 Å². The summed E-state index contributed by atoms with van der Waals surface area (Å²) >= 11 is -2.43. The van der Waals surface area contributed by atoms with Crippen LogP contribution in [0.2, 0.25) is 39.3 Å². The van der Waals surface area contributed by atoms with E-state index in [0.717, 1.165) is 12.2 Å². The molecule has 0 unspecified atom stereocenters. The predicted molar refractivity (Wildman–Crippen MR) is 170 cm³/mol. The normalized spacial score (nSPS) is 13.1. The molecule has 0 spiro atoms. The van der Waals surface area contributed by atoms with Gasteiger partial charge in [0.15, 0.2) is 0 Å². The van der Waals surface area contributed by atoms with Crippen LogP contribution in [0.25, 0.3) is 0 Å². The summed E-state index contributed by atoms with van der Waals surface area (Å²) in [5.41, 5.74) is 3.88. The average Bonchev–Trinajstić information content (AvgIpc) is 3.30. The monoisotopic (exact) mass is 602 g/mol. The molecule has 0 atom stereocenters. The molecule has 37 heavy (non-hydrogen) atoms. The summed E-state index contributed by atoms with van der Waals surface area (Å²) in [5.74, 6) is 1.05. The van der Waals surface area contributed by atoms with Crippen LogP contribution in [0.15, 0.2) is 100 Å².